The van der Waals surface area contributed by atoms with Gasteiger partial charge < -0.3 is 5.11 Å². The summed E-state index contributed by atoms with van der Waals surface area (Å²) < 4.78 is 25.6. The molecule has 3 rings (SSSR count). The molecule has 2 aliphatic heterocycles. The average Bonchev–Trinajstić information content (AvgIpc) is 2.64. The van der Waals surface area contributed by atoms with E-state index < -0.39 is 22.2 Å². The lowest BCUT2D eigenvalue weighted by Gasteiger charge is -2.36. The van der Waals surface area contributed by atoms with Crippen LogP contribution in [0.4, 0.5) is 4.39 Å². The molecule has 2 unspecified atom stereocenters. The van der Waals surface area contributed by atoms with E-state index in [2.05, 4.69) is 0 Å². The molecule has 20 heavy (non-hydrogen) atoms. The Kier molecular flexibility index (Phi) is 3.39. The number of rotatable bonds is 2. The summed E-state index contributed by atoms with van der Waals surface area (Å²) in [5.41, 5.74) is -0.0623. The van der Waals surface area contributed by atoms with E-state index in [-0.39, 0.29) is 16.9 Å². The predicted octanol–water partition coefficient (Wildman–Crippen LogP) is 2.15. The number of hydrogen-bond donors (Lipinski definition) is 1. The minimum absolute atomic E-state index is 0.00542. The highest BCUT2D eigenvalue weighted by Crippen LogP contribution is 2.46. The van der Waals surface area contributed by atoms with E-state index in [0.29, 0.717) is 24.0 Å². The lowest BCUT2D eigenvalue weighted by molar-refractivity contribution is 0.0183. The summed E-state index contributed by atoms with van der Waals surface area (Å²) in [4.78, 5) is 0. The smallest absolute Gasteiger partial charge is 0.127 e. The Morgan fingerprint density at radius 3 is 2.65 bits per heavy atom. The molecular formula is C15H16FNO2S. The number of halogens is 1. The molecule has 2 fully saturated rings. The lowest BCUT2D eigenvalue weighted by atomic mass is 9.85. The maximum Gasteiger partial charge on any atom is 0.127 e. The van der Waals surface area contributed by atoms with Crippen LogP contribution in [0, 0.1) is 17.1 Å². The topological polar surface area (TPSA) is 61.1 Å². The lowest BCUT2D eigenvalue weighted by Crippen LogP contribution is -2.40. The van der Waals surface area contributed by atoms with Crippen LogP contribution >= 0.6 is 0 Å². The molecule has 106 valence electrons. The van der Waals surface area contributed by atoms with E-state index in [1.807, 2.05) is 6.07 Å². The molecule has 0 amide bonds. The highest BCUT2D eigenvalue weighted by molar-refractivity contribution is 7.86. The summed E-state index contributed by atoms with van der Waals surface area (Å²) in [7, 11) is -0.839. The average molecular weight is 293 g/mol. The normalized spacial score (nSPS) is 35.8. The first kappa shape index (κ1) is 13.7. The van der Waals surface area contributed by atoms with Crippen LogP contribution in [0.1, 0.15) is 36.8 Å². The number of benzene rings is 1. The van der Waals surface area contributed by atoms with Gasteiger partial charge in [-0.2, -0.15) is 5.26 Å². The van der Waals surface area contributed by atoms with Crippen LogP contribution in [0.2, 0.25) is 0 Å². The van der Waals surface area contributed by atoms with E-state index in [1.54, 1.807) is 12.1 Å². The first-order valence-electron chi connectivity index (χ1n) is 6.81. The molecule has 1 aromatic rings. The fourth-order valence-corrected chi connectivity index (χ4v) is 5.56. The van der Waals surface area contributed by atoms with Crippen molar-refractivity contribution >= 4 is 10.8 Å². The number of nitrogens with zero attached hydrogens (tertiary/aromatic N) is 1. The minimum Gasteiger partial charge on any atom is -0.385 e. The molecule has 2 aliphatic rings. The van der Waals surface area contributed by atoms with Crippen molar-refractivity contribution in [2.24, 2.45) is 0 Å². The summed E-state index contributed by atoms with van der Waals surface area (Å²) in [5.74, 6) is -0.416. The molecule has 0 aliphatic carbocycles. The van der Waals surface area contributed by atoms with Gasteiger partial charge in [-0.25, -0.2) is 4.39 Å². The Bertz CT molecular complexity index is 594. The predicted molar refractivity (Wildman–Crippen MR) is 73.8 cm³/mol. The zero-order chi connectivity index (χ0) is 14.3. The fourth-order valence-electron chi connectivity index (χ4n) is 3.40. The van der Waals surface area contributed by atoms with Gasteiger partial charge in [0.05, 0.1) is 18.1 Å². The summed E-state index contributed by atoms with van der Waals surface area (Å²) in [6.07, 6.45) is 2.72. The molecule has 0 aromatic heterocycles. The van der Waals surface area contributed by atoms with Gasteiger partial charge in [0.1, 0.15) is 5.82 Å². The Labute approximate surface area is 119 Å². The van der Waals surface area contributed by atoms with Crippen LogP contribution in [0.25, 0.3) is 0 Å². The van der Waals surface area contributed by atoms with Crippen LogP contribution in [0.3, 0.4) is 0 Å². The molecule has 2 heterocycles. The molecule has 0 saturated carbocycles. The number of aliphatic hydroxyl groups is 1. The van der Waals surface area contributed by atoms with Crippen molar-refractivity contribution in [1.82, 2.24) is 0 Å². The van der Waals surface area contributed by atoms with Gasteiger partial charge in [0, 0.05) is 26.9 Å². The van der Waals surface area contributed by atoms with E-state index in [4.69, 9.17) is 5.26 Å². The summed E-state index contributed by atoms with van der Waals surface area (Å²) >= 11 is 0. The number of fused-ring (bicyclic) bond motifs is 2. The van der Waals surface area contributed by atoms with Crippen molar-refractivity contribution in [3.63, 3.8) is 0 Å². The second-order valence-corrected chi connectivity index (χ2v) is 7.72. The van der Waals surface area contributed by atoms with Crippen LogP contribution in [-0.2, 0) is 22.8 Å². The molecule has 2 bridgehead atoms. The van der Waals surface area contributed by atoms with Gasteiger partial charge in [-0.15, -0.1) is 0 Å². The highest BCUT2D eigenvalue weighted by Gasteiger charge is 2.48. The summed E-state index contributed by atoms with van der Waals surface area (Å²) in [6.45, 7) is 0. The van der Waals surface area contributed by atoms with Crippen LogP contribution in [-0.4, -0.2) is 19.8 Å². The highest BCUT2D eigenvalue weighted by atomic mass is 32.2. The first-order chi connectivity index (χ1) is 9.53. The van der Waals surface area contributed by atoms with Crippen molar-refractivity contribution in [1.29, 1.82) is 5.26 Å². The van der Waals surface area contributed by atoms with E-state index in [1.165, 1.54) is 6.07 Å². The van der Waals surface area contributed by atoms with Gasteiger partial charge in [0.25, 0.3) is 0 Å². The monoisotopic (exact) mass is 293 g/mol. The van der Waals surface area contributed by atoms with Crippen molar-refractivity contribution in [3.05, 3.63) is 35.1 Å². The zero-order valence-corrected chi connectivity index (χ0v) is 11.8. The van der Waals surface area contributed by atoms with E-state index in [0.717, 1.165) is 12.8 Å². The third kappa shape index (κ3) is 2.17. The standard InChI is InChI=1S/C15H16FNO2S/c16-14-4-1-11(7-10(14)5-6-17)15(18)8-12-2-3-13(9-15)20(12)19/h1,4,7,12-13,18H,2-3,5,8-9H2. The largest absolute Gasteiger partial charge is 0.385 e. The summed E-state index contributed by atoms with van der Waals surface area (Å²) in [5, 5.41) is 19.7. The molecule has 3 nitrogen and oxygen atoms in total. The van der Waals surface area contributed by atoms with Gasteiger partial charge >= 0.3 is 0 Å². The van der Waals surface area contributed by atoms with Gasteiger partial charge in [-0.1, -0.05) is 6.07 Å². The van der Waals surface area contributed by atoms with Crippen LogP contribution in [0.5, 0.6) is 0 Å². The van der Waals surface area contributed by atoms with Crippen molar-refractivity contribution < 1.29 is 13.7 Å². The van der Waals surface area contributed by atoms with E-state index in [9.17, 15) is 13.7 Å². The first-order valence-corrected chi connectivity index (χ1v) is 8.09. The van der Waals surface area contributed by atoms with Crippen molar-refractivity contribution in [2.45, 2.75) is 48.2 Å². The van der Waals surface area contributed by atoms with Crippen LogP contribution in [0.15, 0.2) is 18.2 Å². The van der Waals surface area contributed by atoms with Gasteiger partial charge in [0.15, 0.2) is 0 Å². The second kappa shape index (κ2) is 4.94. The third-order valence-corrected chi connectivity index (χ3v) is 6.57. The fraction of sp³-hybridized carbons (Fsp3) is 0.533. The quantitative estimate of drug-likeness (QED) is 0.909. The SMILES string of the molecule is N#CCc1cc(C2(O)CC3CCC(C2)S3=O)ccc1F. The Morgan fingerprint density at radius 1 is 1.40 bits per heavy atom. The minimum atomic E-state index is -1.03. The molecule has 0 spiro atoms. The molecule has 2 saturated heterocycles. The third-order valence-electron chi connectivity index (χ3n) is 4.45. The van der Waals surface area contributed by atoms with Crippen molar-refractivity contribution in [3.8, 4) is 6.07 Å². The maximum absolute atomic E-state index is 13.6. The summed E-state index contributed by atoms with van der Waals surface area (Å²) in [6, 6.07) is 6.42. The Morgan fingerprint density at radius 2 is 2.05 bits per heavy atom. The maximum atomic E-state index is 13.6. The number of nitriles is 1. The molecule has 1 aromatic carbocycles. The Hall–Kier alpha value is -1.25. The molecule has 2 atom stereocenters. The van der Waals surface area contributed by atoms with Gasteiger partial charge in [-0.3, -0.25) is 4.21 Å². The number of hydrogen-bond acceptors (Lipinski definition) is 3. The molecular weight excluding hydrogens is 277 g/mol. The molecule has 5 heteroatoms. The zero-order valence-electron chi connectivity index (χ0n) is 11.0. The second-order valence-electron chi connectivity index (χ2n) is 5.73. The molecule has 0 radical (unpaired) electrons. The van der Waals surface area contributed by atoms with Gasteiger partial charge in [0.2, 0.25) is 0 Å². The Balaban J connectivity index is 1.95. The van der Waals surface area contributed by atoms with Gasteiger partial charge in [-0.05, 0) is 43.4 Å². The van der Waals surface area contributed by atoms with Crippen molar-refractivity contribution in [2.75, 3.05) is 0 Å². The van der Waals surface area contributed by atoms with E-state index >= 15 is 0 Å². The molecule has 1 N–H and O–H groups in total. The van der Waals surface area contributed by atoms with Crippen LogP contribution < -0.4 is 0 Å².